The van der Waals surface area contributed by atoms with Crippen LogP contribution in [-0.2, 0) is 13.7 Å². The van der Waals surface area contributed by atoms with Crippen molar-refractivity contribution in [3.05, 3.63) is 59.8 Å². The van der Waals surface area contributed by atoms with E-state index in [4.69, 9.17) is 14.6 Å². The highest BCUT2D eigenvalue weighted by Gasteiger charge is 2.10. The molecule has 0 saturated heterocycles. The Hall–Kier alpha value is -2.95. The summed E-state index contributed by atoms with van der Waals surface area (Å²) in [6, 6.07) is 14.4. The molecule has 0 bridgehead atoms. The Kier molecular flexibility index (Phi) is 3.93. The molecule has 1 N–H and O–H groups in total. The number of fused-ring (bicyclic) bond motifs is 1. The van der Waals surface area contributed by atoms with Crippen LogP contribution in [-0.4, -0.2) is 22.8 Å². The lowest BCUT2D eigenvalue weighted by Gasteiger charge is -2.08. The molecule has 118 valence electrons. The Morgan fingerprint density at radius 1 is 1.09 bits per heavy atom. The molecule has 0 amide bonds. The van der Waals surface area contributed by atoms with Crippen molar-refractivity contribution in [1.29, 1.82) is 0 Å². The number of carbonyl (C=O) groups is 1. The van der Waals surface area contributed by atoms with Crippen LogP contribution >= 0.6 is 0 Å². The summed E-state index contributed by atoms with van der Waals surface area (Å²) < 4.78 is 12.9. The van der Waals surface area contributed by atoms with Crippen LogP contribution in [0, 0.1) is 0 Å². The Morgan fingerprint density at radius 3 is 2.43 bits per heavy atom. The van der Waals surface area contributed by atoms with E-state index >= 15 is 0 Å². The molecule has 23 heavy (non-hydrogen) atoms. The number of nitrogens with zero attached hydrogens (tertiary/aromatic N) is 1. The third-order valence-electron chi connectivity index (χ3n) is 3.83. The van der Waals surface area contributed by atoms with Crippen molar-refractivity contribution in [3.63, 3.8) is 0 Å². The van der Waals surface area contributed by atoms with Crippen LogP contribution in [0.5, 0.6) is 11.5 Å². The normalized spacial score (nSPS) is 10.7. The summed E-state index contributed by atoms with van der Waals surface area (Å²) in [5, 5.41) is 9.96. The van der Waals surface area contributed by atoms with E-state index in [9.17, 15) is 4.79 Å². The quantitative estimate of drug-likeness (QED) is 0.784. The van der Waals surface area contributed by atoms with Crippen LogP contribution in [0.15, 0.2) is 48.5 Å². The predicted octanol–water partition coefficient (Wildman–Crippen LogP) is 3.46. The first-order valence-electron chi connectivity index (χ1n) is 7.17. The fourth-order valence-electron chi connectivity index (χ4n) is 2.51. The van der Waals surface area contributed by atoms with Crippen molar-refractivity contribution < 1.29 is 19.4 Å². The Bertz CT molecular complexity index is 849. The second kappa shape index (κ2) is 6.04. The minimum absolute atomic E-state index is 0.283. The number of carboxylic acid groups (broad SMARTS) is 1. The van der Waals surface area contributed by atoms with Crippen LogP contribution in [0.1, 0.15) is 16.1 Å². The van der Waals surface area contributed by atoms with Crippen molar-refractivity contribution in [1.82, 2.24) is 4.57 Å². The number of aryl methyl sites for hydroxylation is 1. The topological polar surface area (TPSA) is 60.7 Å². The van der Waals surface area contributed by atoms with E-state index in [1.165, 1.54) is 0 Å². The molecule has 5 heteroatoms. The number of rotatable bonds is 5. The van der Waals surface area contributed by atoms with Gasteiger partial charge in [0.05, 0.1) is 18.4 Å². The molecule has 2 aromatic carbocycles. The third-order valence-corrected chi connectivity index (χ3v) is 3.83. The van der Waals surface area contributed by atoms with E-state index in [1.807, 2.05) is 48.0 Å². The SMILES string of the molecule is COc1ccc(OCc2cc3cc(C(=O)O)ccc3n2C)cc1. The summed E-state index contributed by atoms with van der Waals surface area (Å²) >= 11 is 0. The molecular weight excluding hydrogens is 294 g/mol. The summed E-state index contributed by atoms with van der Waals surface area (Å²) in [6.07, 6.45) is 0. The van der Waals surface area contributed by atoms with Gasteiger partial charge >= 0.3 is 5.97 Å². The standard InChI is InChI=1S/C18H17NO4/c1-19-14(11-23-16-6-4-15(22-2)5-7-16)10-13-9-12(18(20)21)3-8-17(13)19/h3-10H,11H2,1-2H3,(H,20,21). The number of carboxylic acids is 1. The summed E-state index contributed by atoms with van der Waals surface area (Å²) in [4.78, 5) is 11.1. The molecule has 0 atom stereocenters. The van der Waals surface area contributed by atoms with Gasteiger partial charge in [0.2, 0.25) is 0 Å². The van der Waals surface area contributed by atoms with Gasteiger partial charge in [-0.2, -0.15) is 0 Å². The maximum Gasteiger partial charge on any atom is 0.335 e. The maximum absolute atomic E-state index is 11.1. The van der Waals surface area contributed by atoms with Crippen molar-refractivity contribution in [2.24, 2.45) is 7.05 Å². The van der Waals surface area contributed by atoms with Gasteiger partial charge in [0, 0.05) is 18.0 Å². The molecule has 0 saturated carbocycles. The summed E-state index contributed by atoms with van der Waals surface area (Å²) in [6.45, 7) is 0.403. The number of methoxy groups -OCH3 is 1. The highest BCUT2D eigenvalue weighted by Crippen LogP contribution is 2.23. The zero-order valence-electron chi connectivity index (χ0n) is 12.9. The second-order valence-corrected chi connectivity index (χ2v) is 5.24. The smallest absolute Gasteiger partial charge is 0.335 e. The van der Waals surface area contributed by atoms with Gasteiger partial charge in [0.15, 0.2) is 0 Å². The Morgan fingerprint density at radius 2 is 1.78 bits per heavy atom. The monoisotopic (exact) mass is 311 g/mol. The number of aromatic nitrogens is 1. The lowest BCUT2D eigenvalue weighted by Crippen LogP contribution is -2.01. The van der Waals surface area contributed by atoms with E-state index in [0.29, 0.717) is 6.61 Å². The molecule has 0 radical (unpaired) electrons. The van der Waals surface area contributed by atoms with Crippen LogP contribution in [0.2, 0.25) is 0 Å². The molecule has 1 aromatic heterocycles. The van der Waals surface area contributed by atoms with Gasteiger partial charge < -0.3 is 19.1 Å². The molecule has 1 heterocycles. The van der Waals surface area contributed by atoms with Gasteiger partial charge in [-0.25, -0.2) is 4.79 Å². The summed E-state index contributed by atoms with van der Waals surface area (Å²) in [5.41, 5.74) is 2.23. The van der Waals surface area contributed by atoms with Gasteiger partial charge in [-0.05, 0) is 48.5 Å². The molecule has 3 rings (SSSR count). The van der Waals surface area contributed by atoms with E-state index < -0.39 is 5.97 Å². The molecule has 0 aliphatic carbocycles. The van der Waals surface area contributed by atoms with Crippen LogP contribution in [0.25, 0.3) is 10.9 Å². The third kappa shape index (κ3) is 2.99. The highest BCUT2D eigenvalue weighted by molar-refractivity contribution is 5.94. The van der Waals surface area contributed by atoms with Crippen LogP contribution in [0.3, 0.4) is 0 Å². The van der Waals surface area contributed by atoms with Crippen molar-refractivity contribution >= 4 is 16.9 Å². The van der Waals surface area contributed by atoms with E-state index in [0.717, 1.165) is 28.1 Å². The molecule has 0 spiro atoms. The fourth-order valence-corrected chi connectivity index (χ4v) is 2.51. The average molecular weight is 311 g/mol. The van der Waals surface area contributed by atoms with Gasteiger partial charge in [0.1, 0.15) is 18.1 Å². The lowest BCUT2D eigenvalue weighted by atomic mass is 10.1. The van der Waals surface area contributed by atoms with Crippen molar-refractivity contribution in [2.45, 2.75) is 6.61 Å². The van der Waals surface area contributed by atoms with Crippen LogP contribution < -0.4 is 9.47 Å². The maximum atomic E-state index is 11.1. The van der Waals surface area contributed by atoms with Crippen molar-refractivity contribution in [2.75, 3.05) is 7.11 Å². The van der Waals surface area contributed by atoms with Gasteiger partial charge in [0.25, 0.3) is 0 Å². The minimum atomic E-state index is -0.924. The zero-order valence-corrected chi connectivity index (χ0v) is 12.9. The van der Waals surface area contributed by atoms with Crippen LogP contribution in [0.4, 0.5) is 0 Å². The molecule has 0 aliphatic heterocycles. The average Bonchev–Trinajstić information content (AvgIpc) is 2.89. The number of benzene rings is 2. The number of aromatic carboxylic acids is 1. The molecule has 3 aromatic rings. The van der Waals surface area contributed by atoms with E-state index in [1.54, 1.807) is 19.2 Å². The van der Waals surface area contributed by atoms with Crippen molar-refractivity contribution in [3.8, 4) is 11.5 Å². The van der Waals surface area contributed by atoms with Gasteiger partial charge in [-0.1, -0.05) is 0 Å². The van der Waals surface area contributed by atoms with Gasteiger partial charge in [-0.3, -0.25) is 0 Å². The Balaban J connectivity index is 1.81. The zero-order chi connectivity index (χ0) is 16.4. The summed E-state index contributed by atoms with van der Waals surface area (Å²) in [7, 11) is 3.56. The van der Waals surface area contributed by atoms with Gasteiger partial charge in [-0.15, -0.1) is 0 Å². The first-order valence-corrected chi connectivity index (χ1v) is 7.17. The molecule has 0 fully saturated rings. The minimum Gasteiger partial charge on any atom is -0.497 e. The molecular formula is C18H17NO4. The second-order valence-electron chi connectivity index (χ2n) is 5.24. The number of ether oxygens (including phenoxy) is 2. The lowest BCUT2D eigenvalue weighted by molar-refractivity contribution is 0.0697. The van der Waals surface area contributed by atoms with E-state index in [-0.39, 0.29) is 5.56 Å². The summed E-state index contributed by atoms with van der Waals surface area (Å²) in [5.74, 6) is 0.609. The first-order chi connectivity index (χ1) is 11.1. The first kappa shape index (κ1) is 15.0. The molecule has 5 nitrogen and oxygen atoms in total. The molecule has 0 aliphatic rings. The fraction of sp³-hybridized carbons (Fsp3) is 0.167. The largest absolute Gasteiger partial charge is 0.497 e. The Labute approximate surface area is 133 Å². The van der Waals surface area contributed by atoms with E-state index in [2.05, 4.69) is 0 Å². The molecule has 0 unspecified atom stereocenters. The highest BCUT2D eigenvalue weighted by atomic mass is 16.5. The predicted molar refractivity (Wildman–Crippen MR) is 87.2 cm³/mol. The number of hydrogen-bond acceptors (Lipinski definition) is 3. The number of hydrogen-bond donors (Lipinski definition) is 1.